The van der Waals surface area contributed by atoms with E-state index in [1.165, 1.54) is 18.2 Å². The van der Waals surface area contributed by atoms with Crippen LogP contribution in [0.2, 0.25) is 0 Å². The lowest BCUT2D eigenvalue weighted by molar-refractivity contribution is -0.0328. The largest absolute Gasteiger partial charge is 0.446 e. The molecule has 0 aromatic heterocycles. The second-order valence-electron chi connectivity index (χ2n) is 4.29. The van der Waals surface area contributed by atoms with Crippen molar-refractivity contribution in [3.05, 3.63) is 24.3 Å². The van der Waals surface area contributed by atoms with E-state index in [4.69, 9.17) is 0 Å². The molecular formula is C11H12F3NO2S2. The van der Waals surface area contributed by atoms with Gasteiger partial charge < -0.3 is 5.32 Å². The van der Waals surface area contributed by atoms with Crippen LogP contribution in [0, 0.1) is 0 Å². The minimum Gasteiger partial charge on any atom is -0.380 e. The van der Waals surface area contributed by atoms with Crippen molar-refractivity contribution in [1.29, 1.82) is 0 Å². The summed E-state index contributed by atoms with van der Waals surface area (Å²) in [5, 5.41) is 2.89. The predicted octanol–water partition coefficient (Wildman–Crippen LogP) is 2.90. The first kappa shape index (κ1) is 14.5. The van der Waals surface area contributed by atoms with E-state index in [0.717, 1.165) is 0 Å². The fraction of sp³-hybridized carbons (Fsp3) is 0.455. The number of anilines is 1. The van der Waals surface area contributed by atoms with Crippen LogP contribution in [-0.2, 0) is 9.84 Å². The zero-order chi connectivity index (χ0) is 14.1. The normalized spacial score (nSPS) is 22.4. The van der Waals surface area contributed by atoms with Crippen LogP contribution in [-0.4, -0.2) is 31.5 Å². The van der Waals surface area contributed by atoms with E-state index in [2.05, 4.69) is 5.32 Å². The topological polar surface area (TPSA) is 46.2 Å². The van der Waals surface area contributed by atoms with E-state index in [1.807, 2.05) is 0 Å². The molecule has 1 N–H and O–H groups in total. The lowest BCUT2D eigenvalue weighted by Crippen LogP contribution is -2.21. The summed E-state index contributed by atoms with van der Waals surface area (Å²) < 4.78 is 59.8. The number of halogens is 3. The molecule has 1 aliphatic rings. The van der Waals surface area contributed by atoms with E-state index in [-0.39, 0.29) is 34.2 Å². The molecule has 3 nitrogen and oxygen atoms in total. The Morgan fingerprint density at radius 2 is 1.95 bits per heavy atom. The van der Waals surface area contributed by atoms with Gasteiger partial charge in [-0.15, -0.1) is 0 Å². The molecular weight excluding hydrogens is 299 g/mol. The summed E-state index contributed by atoms with van der Waals surface area (Å²) in [6.07, 6.45) is 0.424. The smallest absolute Gasteiger partial charge is 0.380 e. The van der Waals surface area contributed by atoms with Crippen molar-refractivity contribution in [3.8, 4) is 0 Å². The first-order chi connectivity index (χ1) is 8.75. The molecule has 19 heavy (non-hydrogen) atoms. The average molecular weight is 311 g/mol. The van der Waals surface area contributed by atoms with Crippen LogP contribution in [0.3, 0.4) is 0 Å². The van der Waals surface area contributed by atoms with Crippen LogP contribution in [0.25, 0.3) is 0 Å². The number of nitrogens with one attached hydrogen (secondary N) is 1. The third kappa shape index (κ3) is 4.31. The van der Waals surface area contributed by atoms with Gasteiger partial charge in [-0.25, -0.2) is 8.42 Å². The molecule has 1 heterocycles. The van der Waals surface area contributed by atoms with Gasteiger partial charge in [0, 0.05) is 16.6 Å². The van der Waals surface area contributed by atoms with Gasteiger partial charge in [-0.1, -0.05) is 12.1 Å². The van der Waals surface area contributed by atoms with Crippen molar-refractivity contribution in [2.75, 3.05) is 16.8 Å². The van der Waals surface area contributed by atoms with Crippen LogP contribution in [0.15, 0.2) is 29.2 Å². The zero-order valence-electron chi connectivity index (χ0n) is 9.77. The second-order valence-corrected chi connectivity index (χ2v) is 7.62. The van der Waals surface area contributed by atoms with E-state index in [9.17, 15) is 21.6 Å². The quantitative estimate of drug-likeness (QED) is 0.872. The van der Waals surface area contributed by atoms with Crippen LogP contribution >= 0.6 is 11.8 Å². The number of hydrogen-bond acceptors (Lipinski definition) is 4. The van der Waals surface area contributed by atoms with E-state index in [1.54, 1.807) is 6.07 Å². The molecule has 8 heteroatoms. The van der Waals surface area contributed by atoms with Crippen molar-refractivity contribution in [3.63, 3.8) is 0 Å². The SMILES string of the molecule is O=S1(=O)CCC(Nc2ccccc2SC(F)(F)F)C1. The highest BCUT2D eigenvalue weighted by Gasteiger charge is 2.32. The van der Waals surface area contributed by atoms with Gasteiger partial charge in [-0.05, 0) is 30.3 Å². The molecule has 0 spiro atoms. The maximum absolute atomic E-state index is 12.4. The Balaban J connectivity index is 2.12. The van der Waals surface area contributed by atoms with Gasteiger partial charge in [0.1, 0.15) is 0 Å². The summed E-state index contributed by atoms with van der Waals surface area (Å²) in [5.74, 6) is 0.0528. The fourth-order valence-electron chi connectivity index (χ4n) is 1.93. The molecule has 1 saturated heterocycles. The number of rotatable bonds is 3. The van der Waals surface area contributed by atoms with E-state index >= 15 is 0 Å². The molecule has 106 valence electrons. The maximum atomic E-state index is 12.4. The number of benzene rings is 1. The van der Waals surface area contributed by atoms with Crippen molar-refractivity contribution in [1.82, 2.24) is 0 Å². The first-order valence-electron chi connectivity index (χ1n) is 5.57. The predicted molar refractivity (Wildman–Crippen MR) is 69.0 cm³/mol. The third-order valence-electron chi connectivity index (χ3n) is 2.70. The Morgan fingerprint density at radius 1 is 1.26 bits per heavy atom. The van der Waals surface area contributed by atoms with Gasteiger partial charge in [0.05, 0.1) is 11.5 Å². The Labute approximate surface area is 113 Å². The lowest BCUT2D eigenvalue weighted by Gasteiger charge is -2.16. The summed E-state index contributed by atoms with van der Waals surface area (Å²) in [5.41, 5.74) is -4.04. The summed E-state index contributed by atoms with van der Waals surface area (Å²) in [4.78, 5) is 0.0549. The molecule has 0 amide bonds. The minimum atomic E-state index is -4.36. The van der Waals surface area contributed by atoms with Crippen LogP contribution in [0.5, 0.6) is 0 Å². The highest BCUT2D eigenvalue weighted by atomic mass is 32.2. The molecule has 0 saturated carbocycles. The van der Waals surface area contributed by atoms with Crippen molar-refractivity contribution < 1.29 is 21.6 Å². The third-order valence-corrected chi connectivity index (χ3v) is 5.28. The van der Waals surface area contributed by atoms with Gasteiger partial charge in [-0.2, -0.15) is 13.2 Å². The molecule has 0 bridgehead atoms. The van der Waals surface area contributed by atoms with Crippen LogP contribution < -0.4 is 5.32 Å². The van der Waals surface area contributed by atoms with Gasteiger partial charge in [0.25, 0.3) is 0 Å². The summed E-state index contributed by atoms with van der Waals surface area (Å²) >= 11 is -0.201. The van der Waals surface area contributed by atoms with E-state index in [0.29, 0.717) is 12.1 Å². The standard InChI is InChI=1S/C11H12F3NO2S2/c12-11(13,14)18-10-4-2-1-3-9(10)15-8-5-6-19(16,17)7-8/h1-4,8,15H,5-7H2. The number of alkyl halides is 3. The molecule has 1 unspecified atom stereocenters. The van der Waals surface area contributed by atoms with Gasteiger partial charge >= 0.3 is 5.51 Å². The number of thioether (sulfide) groups is 1. The number of hydrogen-bond donors (Lipinski definition) is 1. The molecule has 0 aliphatic carbocycles. The Bertz CT molecular complexity index is 557. The Kier molecular flexibility index (Phi) is 4.00. The molecule has 1 atom stereocenters. The lowest BCUT2D eigenvalue weighted by atomic mass is 10.2. The summed E-state index contributed by atoms with van der Waals surface area (Å²) in [6.45, 7) is 0. The summed E-state index contributed by atoms with van der Waals surface area (Å²) in [7, 11) is -3.06. The van der Waals surface area contributed by atoms with Crippen LogP contribution in [0.4, 0.5) is 18.9 Å². The van der Waals surface area contributed by atoms with Gasteiger partial charge in [-0.3, -0.25) is 0 Å². The maximum Gasteiger partial charge on any atom is 0.446 e. The average Bonchev–Trinajstić information content (AvgIpc) is 2.59. The molecule has 1 aromatic carbocycles. The molecule has 1 fully saturated rings. The fourth-order valence-corrected chi connectivity index (χ4v) is 4.23. The summed E-state index contributed by atoms with van der Waals surface area (Å²) in [6, 6.07) is 5.71. The van der Waals surface area contributed by atoms with Crippen LogP contribution in [0.1, 0.15) is 6.42 Å². The molecule has 1 aliphatic heterocycles. The van der Waals surface area contributed by atoms with Gasteiger partial charge in [0.15, 0.2) is 9.84 Å². The van der Waals surface area contributed by atoms with Crippen molar-refractivity contribution >= 4 is 27.3 Å². The monoisotopic (exact) mass is 311 g/mol. The zero-order valence-corrected chi connectivity index (χ0v) is 11.4. The van der Waals surface area contributed by atoms with E-state index < -0.39 is 15.3 Å². The highest BCUT2D eigenvalue weighted by Crippen LogP contribution is 2.40. The number of sulfone groups is 1. The second kappa shape index (κ2) is 5.24. The number of para-hydroxylation sites is 1. The molecule has 1 aromatic rings. The van der Waals surface area contributed by atoms with Gasteiger partial charge in [0.2, 0.25) is 0 Å². The van der Waals surface area contributed by atoms with Crippen molar-refractivity contribution in [2.24, 2.45) is 0 Å². The van der Waals surface area contributed by atoms with Crippen molar-refractivity contribution in [2.45, 2.75) is 22.9 Å². The first-order valence-corrected chi connectivity index (χ1v) is 8.21. The minimum absolute atomic E-state index is 0.0297. The Hall–Kier alpha value is -0.890. The molecule has 2 rings (SSSR count). The molecule has 0 radical (unpaired) electrons. The highest BCUT2D eigenvalue weighted by molar-refractivity contribution is 8.00. The Morgan fingerprint density at radius 3 is 2.53 bits per heavy atom.